The number of hydrogen-bond donors (Lipinski definition) is 3. The number of carbonyl (C=O) groups is 4. The summed E-state index contributed by atoms with van der Waals surface area (Å²) in [6, 6.07) is 6.37. The number of imide groups is 1. The number of anilines is 1. The first-order chi connectivity index (χ1) is 13.5. The smallest absolute Gasteiger partial charge is 0.322 e. The molecular formula is C21H28N4O4. The summed E-state index contributed by atoms with van der Waals surface area (Å²) in [6.07, 6.45) is 1.23. The molecule has 156 valence electrons. The zero-order valence-electron chi connectivity index (χ0n) is 17.3. The second-order valence-corrected chi connectivity index (χ2v) is 8.92. The van der Waals surface area contributed by atoms with Crippen molar-refractivity contribution in [2.45, 2.75) is 46.1 Å². The van der Waals surface area contributed by atoms with Crippen LogP contribution in [0.15, 0.2) is 24.3 Å². The van der Waals surface area contributed by atoms with Gasteiger partial charge in [0.15, 0.2) is 0 Å². The van der Waals surface area contributed by atoms with Gasteiger partial charge in [-0.1, -0.05) is 32.9 Å². The molecule has 29 heavy (non-hydrogen) atoms. The number of hydrogen-bond acceptors (Lipinski definition) is 4. The van der Waals surface area contributed by atoms with E-state index in [2.05, 4.69) is 16.0 Å². The molecule has 2 aliphatic rings. The van der Waals surface area contributed by atoms with Crippen LogP contribution in [0.4, 0.5) is 10.5 Å². The zero-order valence-corrected chi connectivity index (χ0v) is 17.3. The van der Waals surface area contributed by atoms with Crippen LogP contribution in [0.25, 0.3) is 0 Å². The largest absolute Gasteiger partial charge is 0.342 e. The van der Waals surface area contributed by atoms with E-state index in [1.165, 1.54) is 0 Å². The quantitative estimate of drug-likeness (QED) is 0.674. The molecule has 2 fully saturated rings. The van der Waals surface area contributed by atoms with Gasteiger partial charge in [-0.2, -0.15) is 0 Å². The number of likely N-dealkylation sites (tertiary alicyclic amines) is 1. The number of amides is 5. The minimum atomic E-state index is -1.17. The summed E-state index contributed by atoms with van der Waals surface area (Å²) in [5, 5.41) is 7.76. The van der Waals surface area contributed by atoms with Gasteiger partial charge in [0.1, 0.15) is 5.54 Å². The molecule has 0 saturated carbocycles. The van der Waals surface area contributed by atoms with Crippen LogP contribution in [0.5, 0.6) is 0 Å². The Labute approximate surface area is 170 Å². The van der Waals surface area contributed by atoms with Crippen LogP contribution in [-0.4, -0.2) is 41.7 Å². The summed E-state index contributed by atoms with van der Waals surface area (Å²) in [5.74, 6) is -0.598. The summed E-state index contributed by atoms with van der Waals surface area (Å²) < 4.78 is 0. The molecular weight excluding hydrogens is 372 g/mol. The lowest BCUT2D eigenvalue weighted by molar-refractivity contribution is -0.142. The van der Waals surface area contributed by atoms with Gasteiger partial charge in [-0.3, -0.25) is 19.7 Å². The minimum Gasteiger partial charge on any atom is -0.342 e. The van der Waals surface area contributed by atoms with Gasteiger partial charge in [0.2, 0.25) is 11.8 Å². The molecule has 2 saturated heterocycles. The molecule has 3 rings (SSSR count). The lowest BCUT2D eigenvalue weighted by Crippen LogP contribution is -2.45. The molecule has 2 aliphatic heterocycles. The third-order valence-corrected chi connectivity index (χ3v) is 5.55. The normalized spacial score (nSPS) is 22.8. The van der Waals surface area contributed by atoms with Crippen molar-refractivity contribution in [2.75, 3.05) is 18.4 Å². The van der Waals surface area contributed by atoms with Crippen LogP contribution in [0.1, 0.15) is 46.1 Å². The second-order valence-electron chi connectivity index (χ2n) is 8.92. The molecule has 0 aromatic heterocycles. The van der Waals surface area contributed by atoms with E-state index in [4.69, 9.17) is 0 Å². The van der Waals surface area contributed by atoms with Gasteiger partial charge < -0.3 is 15.5 Å². The topological polar surface area (TPSA) is 108 Å². The number of benzene rings is 1. The van der Waals surface area contributed by atoms with Gasteiger partial charge in [0, 0.05) is 30.1 Å². The Bertz CT molecular complexity index is 852. The average Bonchev–Trinajstić information content (AvgIpc) is 2.93. The predicted molar refractivity (Wildman–Crippen MR) is 108 cm³/mol. The SMILES string of the molecule is CC(C)(C)C(=O)N1CCC(C(=O)Nc2cccc(C3(C)NC(=O)NC3=O)c2)CC1. The third-order valence-electron chi connectivity index (χ3n) is 5.55. The number of carbonyl (C=O) groups excluding carboxylic acids is 4. The molecule has 3 N–H and O–H groups in total. The highest BCUT2D eigenvalue weighted by Crippen LogP contribution is 2.28. The highest BCUT2D eigenvalue weighted by atomic mass is 16.2. The Morgan fingerprint density at radius 1 is 1.17 bits per heavy atom. The van der Waals surface area contributed by atoms with Gasteiger partial charge in [-0.25, -0.2) is 4.79 Å². The fourth-order valence-corrected chi connectivity index (χ4v) is 3.72. The van der Waals surface area contributed by atoms with Crippen molar-refractivity contribution in [3.63, 3.8) is 0 Å². The standard InChI is InChI=1S/C21H28N4O4/c1-20(2,3)18(28)25-10-8-13(9-11-25)16(26)22-15-7-5-6-14(12-15)21(4)17(27)23-19(29)24-21/h5-7,12-13H,8-11H2,1-4H3,(H,22,26)(H2,23,24,27,29). The molecule has 0 spiro atoms. The lowest BCUT2D eigenvalue weighted by atomic mass is 9.90. The summed E-state index contributed by atoms with van der Waals surface area (Å²) in [4.78, 5) is 50.6. The van der Waals surface area contributed by atoms with Crippen LogP contribution >= 0.6 is 0 Å². The molecule has 1 aromatic carbocycles. The maximum Gasteiger partial charge on any atom is 0.322 e. The zero-order chi connectivity index (χ0) is 21.4. The van der Waals surface area contributed by atoms with Gasteiger partial charge in [-0.15, -0.1) is 0 Å². The molecule has 0 radical (unpaired) electrons. The first-order valence-electron chi connectivity index (χ1n) is 9.85. The molecule has 1 unspecified atom stereocenters. The first kappa shape index (κ1) is 20.8. The molecule has 1 atom stereocenters. The molecule has 0 bridgehead atoms. The van der Waals surface area contributed by atoms with Crippen LogP contribution in [0.3, 0.4) is 0 Å². The van der Waals surface area contributed by atoms with Gasteiger partial charge in [0.25, 0.3) is 5.91 Å². The van der Waals surface area contributed by atoms with E-state index in [0.717, 1.165) is 0 Å². The van der Waals surface area contributed by atoms with Crippen molar-refractivity contribution in [1.29, 1.82) is 0 Å². The van der Waals surface area contributed by atoms with Crippen molar-refractivity contribution in [1.82, 2.24) is 15.5 Å². The summed E-state index contributed by atoms with van der Waals surface area (Å²) in [7, 11) is 0. The summed E-state index contributed by atoms with van der Waals surface area (Å²) in [6.45, 7) is 8.45. The first-order valence-corrected chi connectivity index (χ1v) is 9.85. The molecule has 8 nitrogen and oxygen atoms in total. The van der Waals surface area contributed by atoms with Crippen molar-refractivity contribution >= 4 is 29.4 Å². The molecule has 5 amide bonds. The third kappa shape index (κ3) is 4.26. The Morgan fingerprint density at radius 2 is 1.83 bits per heavy atom. The van der Waals surface area contributed by atoms with Crippen molar-refractivity contribution < 1.29 is 19.2 Å². The molecule has 8 heteroatoms. The number of piperidine rings is 1. The maximum absolute atomic E-state index is 12.7. The van der Waals surface area contributed by atoms with E-state index in [9.17, 15) is 19.2 Å². The van der Waals surface area contributed by atoms with E-state index in [0.29, 0.717) is 37.2 Å². The monoisotopic (exact) mass is 400 g/mol. The maximum atomic E-state index is 12.7. The van der Waals surface area contributed by atoms with Crippen LogP contribution in [-0.2, 0) is 19.9 Å². The van der Waals surface area contributed by atoms with E-state index < -0.39 is 22.9 Å². The average molecular weight is 400 g/mol. The Balaban J connectivity index is 1.63. The van der Waals surface area contributed by atoms with Gasteiger partial charge in [0.05, 0.1) is 0 Å². The van der Waals surface area contributed by atoms with Gasteiger partial charge in [-0.05, 0) is 37.5 Å². The highest BCUT2D eigenvalue weighted by Gasteiger charge is 2.43. The lowest BCUT2D eigenvalue weighted by Gasteiger charge is -2.35. The van der Waals surface area contributed by atoms with Crippen LogP contribution in [0.2, 0.25) is 0 Å². The predicted octanol–water partition coefficient (Wildman–Crippen LogP) is 1.96. The number of urea groups is 1. The van der Waals surface area contributed by atoms with E-state index in [1.54, 1.807) is 31.2 Å². The number of nitrogens with zero attached hydrogens (tertiary/aromatic N) is 1. The van der Waals surface area contributed by atoms with E-state index in [-0.39, 0.29) is 17.7 Å². The molecule has 1 aromatic rings. The van der Waals surface area contributed by atoms with Crippen molar-refractivity contribution in [3.8, 4) is 0 Å². The Morgan fingerprint density at radius 3 is 2.38 bits per heavy atom. The fraction of sp³-hybridized carbons (Fsp3) is 0.524. The van der Waals surface area contributed by atoms with Crippen molar-refractivity contribution in [2.24, 2.45) is 11.3 Å². The number of nitrogens with one attached hydrogen (secondary N) is 3. The second kappa shape index (κ2) is 7.50. The van der Waals surface area contributed by atoms with E-state index in [1.807, 2.05) is 25.7 Å². The van der Waals surface area contributed by atoms with Crippen molar-refractivity contribution in [3.05, 3.63) is 29.8 Å². The number of rotatable bonds is 3. The van der Waals surface area contributed by atoms with Crippen LogP contribution in [0, 0.1) is 11.3 Å². The van der Waals surface area contributed by atoms with Gasteiger partial charge >= 0.3 is 6.03 Å². The summed E-state index contributed by atoms with van der Waals surface area (Å²) in [5.41, 5.74) is -0.440. The fourth-order valence-electron chi connectivity index (χ4n) is 3.72. The Kier molecular flexibility index (Phi) is 5.38. The minimum absolute atomic E-state index is 0.102. The summed E-state index contributed by atoms with van der Waals surface area (Å²) >= 11 is 0. The molecule has 2 heterocycles. The van der Waals surface area contributed by atoms with Crippen LogP contribution < -0.4 is 16.0 Å². The highest BCUT2D eigenvalue weighted by molar-refractivity contribution is 6.07. The van der Waals surface area contributed by atoms with E-state index >= 15 is 0 Å². The Hall–Kier alpha value is -2.90. The molecule has 0 aliphatic carbocycles.